The van der Waals surface area contributed by atoms with Crippen LogP contribution in [0.5, 0.6) is 5.75 Å². The quantitative estimate of drug-likeness (QED) is 0.521. The predicted octanol–water partition coefficient (Wildman–Crippen LogP) is 3.91. The lowest BCUT2D eigenvalue weighted by molar-refractivity contribution is -0.0494. The van der Waals surface area contributed by atoms with Crippen LogP contribution in [0.25, 0.3) is 22.0 Å². The summed E-state index contributed by atoms with van der Waals surface area (Å²) in [6, 6.07) is 12.9. The van der Waals surface area contributed by atoms with Gasteiger partial charge in [0.25, 0.3) is 11.5 Å². The summed E-state index contributed by atoms with van der Waals surface area (Å²) in [5, 5.41) is 9.39. The Kier molecular flexibility index (Phi) is 5.23. The van der Waals surface area contributed by atoms with Crippen LogP contribution in [-0.4, -0.2) is 27.3 Å². The molecule has 0 unspecified atom stereocenters. The summed E-state index contributed by atoms with van der Waals surface area (Å²) < 4.78 is 30.9. The zero-order valence-corrected chi connectivity index (χ0v) is 16.3. The van der Waals surface area contributed by atoms with E-state index in [0.717, 1.165) is 16.0 Å². The van der Waals surface area contributed by atoms with Crippen molar-refractivity contribution < 1.29 is 18.3 Å². The highest BCUT2D eigenvalue weighted by molar-refractivity contribution is 7.14. The van der Waals surface area contributed by atoms with Gasteiger partial charge in [-0.3, -0.25) is 14.9 Å². The minimum atomic E-state index is -2.96. The van der Waals surface area contributed by atoms with E-state index in [1.54, 1.807) is 47.8 Å². The summed E-state index contributed by atoms with van der Waals surface area (Å²) in [5.74, 6) is -0.554. The molecule has 30 heavy (non-hydrogen) atoms. The molecule has 4 rings (SSSR count). The standard InChI is InChI=1S/C20H14F2N4O3S/c1-26-18(28)12-7-3-2-6-11(12)16(25-26)17(27)24-20-23-14(10-30-20)13-8-4-5-9-15(13)29-19(21)22/h2-10,19H,1H3,(H,23,24,27). The molecule has 0 aliphatic carbocycles. The van der Waals surface area contributed by atoms with Crippen molar-refractivity contribution in [1.82, 2.24) is 14.8 Å². The summed E-state index contributed by atoms with van der Waals surface area (Å²) in [6.45, 7) is -2.96. The topological polar surface area (TPSA) is 86.1 Å². The number of benzene rings is 2. The highest BCUT2D eigenvalue weighted by atomic mass is 32.1. The number of para-hydroxylation sites is 1. The number of amides is 1. The molecule has 2 aromatic carbocycles. The molecule has 4 aromatic rings. The van der Waals surface area contributed by atoms with Crippen LogP contribution in [-0.2, 0) is 7.05 Å². The number of fused-ring (bicyclic) bond motifs is 1. The maximum Gasteiger partial charge on any atom is 0.387 e. The van der Waals surface area contributed by atoms with Gasteiger partial charge in [-0.15, -0.1) is 11.3 Å². The van der Waals surface area contributed by atoms with Crippen molar-refractivity contribution in [3.63, 3.8) is 0 Å². The third-order valence-electron chi connectivity index (χ3n) is 4.28. The van der Waals surface area contributed by atoms with Gasteiger partial charge in [-0.2, -0.15) is 13.9 Å². The summed E-state index contributed by atoms with van der Waals surface area (Å²) in [4.78, 5) is 29.3. The second kappa shape index (κ2) is 7.99. The van der Waals surface area contributed by atoms with E-state index in [2.05, 4.69) is 20.1 Å². The van der Waals surface area contributed by atoms with Crippen molar-refractivity contribution >= 4 is 33.1 Å². The Morgan fingerprint density at radius 1 is 1.13 bits per heavy atom. The highest BCUT2D eigenvalue weighted by Gasteiger charge is 2.18. The van der Waals surface area contributed by atoms with Gasteiger partial charge in [-0.1, -0.05) is 30.3 Å². The van der Waals surface area contributed by atoms with Gasteiger partial charge in [0.15, 0.2) is 10.8 Å². The minimum Gasteiger partial charge on any atom is -0.434 e. The number of nitrogens with zero attached hydrogens (tertiary/aromatic N) is 3. The van der Waals surface area contributed by atoms with Gasteiger partial charge in [0.2, 0.25) is 0 Å². The van der Waals surface area contributed by atoms with Crippen molar-refractivity contribution in [2.75, 3.05) is 5.32 Å². The largest absolute Gasteiger partial charge is 0.434 e. The maximum absolute atomic E-state index is 12.8. The fraction of sp³-hybridized carbons (Fsp3) is 0.100. The van der Waals surface area contributed by atoms with Gasteiger partial charge >= 0.3 is 6.61 Å². The van der Waals surface area contributed by atoms with Crippen molar-refractivity contribution in [3.8, 4) is 17.0 Å². The van der Waals surface area contributed by atoms with Crippen LogP contribution >= 0.6 is 11.3 Å². The lowest BCUT2D eigenvalue weighted by atomic mass is 10.1. The highest BCUT2D eigenvalue weighted by Crippen LogP contribution is 2.33. The molecule has 0 atom stereocenters. The molecule has 0 radical (unpaired) electrons. The van der Waals surface area contributed by atoms with E-state index in [0.29, 0.717) is 22.0 Å². The molecule has 2 aromatic heterocycles. The molecule has 1 amide bonds. The number of aryl methyl sites for hydroxylation is 1. The Bertz CT molecular complexity index is 1300. The van der Waals surface area contributed by atoms with Crippen LogP contribution in [0.2, 0.25) is 0 Å². The first kappa shape index (κ1) is 19.6. The molecule has 0 spiro atoms. The number of rotatable bonds is 5. The number of hydrogen-bond acceptors (Lipinski definition) is 6. The van der Waals surface area contributed by atoms with E-state index in [1.165, 1.54) is 13.1 Å². The molecule has 10 heteroatoms. The average molecular weight is 428 g/mol. The first-order valence-corrected chi connectivity index (χ1v) is 9.59. The number of halogens is 2. The Balaban J connectivity index is 1.65. The fourth-order valence-corrected chi connectivity index (χ4v) is 3.66. The molecule has 1 N–H and O–H groups in total. The zero-order chi connectivity index (χ0) is 21.3. The molecule has 0 aliphatic rings. The number of anilines is 1. The second-order valence-electron chi connectivity index (χ2n) is 6.19. The van der Waals surface area contributed by atoms with Crippen LogP contribution in [0, 0.1) is 0 Å². The molecule has 152 valence electrons. The number of alkyl halides is 2. The summed E-state index contributed by atoms with van der Waals surface area (Å²) >= 11 is 1.13. The monoisotopic (exact) mass is 428 g/mol. The normalized spacial score (nSPS) is 11.1. The van der Waals surface area contributed by atoms with E-state index < -0.39 is 12.5 Å². The SMILES string of the molecule is Cn1nc(C(=O)Nc2nc(-c3ccccc3OC(F)F)cs2)c2ccccc2c1=O. The molecular weight excluding hydrogens is 414 g/mol. The molecule has 0 fully saturated rings. The van der Waals surface area contributed by atoms with Crippen molar-refractivity contribution in [1.29, 1.82) is 0 Å². The lowest BCUT2D eigenvalue weighted by Crippen LogP contribution is -2.25. The van der Waals surface area contributed by atoms with Gasteiger partial charge in [-0.05, 0) is 18.2 Å². The molecule has 2 heterocycles. The van der Waals surface area contributed by atoms with Crippen LogP contribution in [0.1, 0.15) is 10.5 Å². The molecule has 0 saturated carbocycles. The van der Waals surface area contributed by atoms with Gasteiger partial charge in [0.05, 0.1) is 11.1 Å². The maximum atomic E-state index is 12.8. The minimum absolute atomic E-state index is 0.0126. The number of nitrogens with one attached hydrogen (secondary N) is 1. The van der Waals surface area contributed by atoms with E-state index in [9.17, 15) is 18.4 Å². The first-order chi connectivity index (χ1) is 14.4. The van der Waals surface area contributed by atoms with E-state index in [1.807, 2.05) is 0 Å². The molecular formula is C20H14F2N4O3S. The molecule has 7 nitrogen and oxygen atoms in total. The number of hydrogen-bond donors (Lipinski definition) is 1. The number of carbonyl (C=O) groups excluding carboxylic acids is 1. The number of ether oxygens (including phenoxy) is 1. The molecule has 0 aliphatic heterocycles. The number of thiazole rings is 1. The number of aromatic nitrogens is 3. The lowest BCUT2D eigenvalue weighted by Gasteiger charge is -2.08. The van der Waals surface area contributed by atoms with Gasteiger partial charge < -0.3 is 4.74 Å². The number of carbonyl (C=O) groups is 1. The Labute approximate surface area is 172 Å². The van der Waals surface area contributed by atoms with Gasteiger partial charge in [0.1, 0.15) is 5.75 Å². The van der Waals surface area contributed by atoms with Crippen LogP contribution < -0.4 is 15.6 Å². The molecule has 0 bridgehead atoms. The average Bonchev–Trinajstić information content (AvgIpc) is 3.19. The van der Waals surface area contributed by atoms with E-state index >= 15 is 0 Å². The van der Waals surface area contributed by atoms with Crippen LogP contribution in [0.4, 0.5) is 13.9 Å². The fourth-order valence-electron chi connectivity index (χ4n) is 2.96. The summed E-state index contributed by atoms with van der Waals surface area (Å²) in [6.07, 6.45) is 0. The van der Waals surface area contributed by atoms with E-state index in [4.69, 9.17) is 0 Å². The third kappa shape index (κ3) is 3.77. The van der Waals surface area contributed by atoms with Crippen molar-refractivity contribution in [2.24, 2.45) is 7.05 Å². The predicted molar refractivity (Wildman–Crippen MR) is 109 cm³/mol. The van der Waals surface area contributed by atoms with Crippen molar-refractivity contribution in [2.45, 2.75) is 6.61 Å². The smallest absolute Gasteiger partial charge is 0.387 e. The summed E-state index contributed by atoms with van der Waals surface area (Å²) in [5.41, 5.74) is 0.519. The van der Waals surface area contributed by atoms with Crippen molar-refractivity contribution in [3.05, 3.63) is 70.0 Å². The van der Waals surface area contributed by atoms with Crippen LogP contribution in [0.15, 0.2) is 58.7 Å². The molecule has 0 saturated heterocycles. The van der Waals surface area contributed by atoms with Gasteiger partial charge in [0, 0.05) is 23.4 Å². The van der Waals surface area contributed by atoms with Crippen LogP contribution in [0.3, 0.4) is 0 Å². The zero-order valence-electron chi connectivity index (χ0n) is 15.5. The van der Waals surface area contributed by atoms with Gasteiger partial charge in [-0.25, -0.2) is 9.67 Å². The van der Waals surface area contributed by atoms with E-state index in [-0.39, 0.29) is 22.1 Å². The second-order valence-corrected chi connectivity index (χ2v) is 7.05. The Morgan fingerprint density at radius 3 is 2.60 bits per heavy atom. The first-order valence-electron chi connectivity index (χ1n) is 8.71. The Morgan fingerprint density at radius 2 is 1.83 bits per heavy atom. The third-order valence-corrected chi connectivity index (χ3v) is 5.03. The Hall–Kier alpha value is -3.66. The summed E-state index contributed by atoms with van der Waals surface area (Å²) in [7, 11) is 1.47.